The van der Waals surface area contributed by atoms with Gasteiger partial charge in [-0.25, -0.2) is 4.39 Å². The predicted molar refractivity (Wildman–Crippen MR) is 70.3 cm³/mol. The van der Waals surface area contributed by atoms with Crippen molar-refractivity contribution >= 4 is 5.91 Å². The molecule has 1 amide bonds. The summed E-state index contributed by atoms with van der Waals surface area (Å²) in [6, 6.07) is 4.39. The monoisotopic (exact) mass is 266 g/mol. The first-order valence-corrected chi connectivity index (χ1v) is 6.49. The first-order valence-electron chi connectivity index (χ1n) is 6.49. The van der Waals surface area contributed by atoms with Crippen LogP contribution >= 0.6 is 0 Å². The van der Waals surface area contributed by atoms with Crippen LogP contribution in [-0.2, 0) is 4.79 Å². The highest BCUT2D eigenvalue weighted by molar-refractivity contribution is 5.81. The molecule has 3 N–H and O–H groups in total. The quantitative estimate of drug-likeness (QED) is 0.855. The summed E-state index contributed by atoms with van der Waals surface area (Å²) in [7, 11) is 0. The molecular formula is C14H19FN2O2. The summed E-state index contributed by atoms with van der Waals surface area (Å²) in [4.78, 5) is 11.7. The maximum Gasteiger partial charge on any atom is 0.260 e. The molecule has 0 aromatic heterocycles. The van der Waals surface area contributed by atoms with E-state index in [1.807, 2.05) is 0 Å². The van der Waals surface area contributed by atoms with E-state index in [2.05, 4.69) is 5.32 Å². The predicted octanol–water partition coefficient (Wildman–Crippen LogP) is 1.89. The summed E-state index contributed by atoms with van der Waals surface area (Å²) in [5.41, 5.74) is 6.06. The van der Waals surface area contributed by atoms with Gasteiger partial charge >= 0.3 is 0 Å². The Morgan fingerprint density at radius 1 is 1.47 bits per heavy atom. The van der Waals surface area contributed by atoms with Crippen LogP contribution in [0.15, 0.2) is 18.2 Å². The van der Waals surface area contributed by atoms with E-state index >= 15 is 0 Å². The molecule has 1 fully saturated rings. The summed E-state index contributed by atoms with van der Waals surface area (Å²) < 4.78 is 19.1. The molecule has 0 saturated heterocycles. The average molecular weight is 266 g/mol. The second kappa shape index (κ2) is 5.57. The van der Waals surface area contributed by atoms with Crippen LogP contribution in [0.25, 0.3) is 0 Å². The smallest absolute Gasteiger partial charge is 0.260 e. The number of benzene rings is 1. The summed E-state index contributed by atoms with van der Waals surface area (Å²) in [6.45, 7) is 3.36. The molecule has 0 radical (unpaired) electrons. The van der Waals surface area contributed by atoms with Crippen molar-refractivity contribution in [3.05, 3.63) is 29.6 Å². The van der Waals surface area contributed by atoms with Crippen molar-refractivity contribution in [3.8, 4) is 5.75 Å². The lowest BCUT2D eigenvalue weighted by Gasteiger charge is -2.15. The van der Waals surface area contributed by atoms with Crippen molar-refractivity contribution in [2.45, 2.75) is 44.9 Å². The number of nitrogens with one attached hydrogen (secondary N) is 1. The largest absolute Gasteiger partial charge is 0.481 e. The Kier molecular flexibility index (Phi) is 4.04. The van der Waals surface area contributed by atoms with Gasteiger partial charge in [-0.15, -0.1) is 0 Å². The third kappa shape index (κ3) is 3.67. The molecule has 1 aliphatic carbocycles. The maximum atomic E-state index is 13.7. The van der Waals surface area contributed by atoms with Crippen LogP contribution in [0.1, 0.15) is 38.3 Å². The third-order valence-electron chi connectivity index (χ3n) is 3.07. The van der Waals surface area contributed by atoms with E-state index in [1.54, 1.807) is 26.0 Å². The Bertz CT molecular complexity index is 473. The Morgan fingerprint density at radius 2 is 2.16 bits per heavy atom. The second-order valence-corrected chi connectivity index (χ2v) is 5.01. The summed E-state index contributed by atoms with van der Waals surface area (Å²) in [5.74, 6) is -0.248. The van der Waals surface area contributed by atoms with E-state index in [1.165, 1.54) is 6.07 Å². The lowest BCUT2D eigenvalue weighted by atomic mass is 10.1. The second-order valence-electron chi connectivity index (χ2n) is 5.01. The van der Waals surface area contributed by atoms with Gasteiger partial charge < -0.3 is 15.8 Å². The standard InChI is InChI=1S/C14H19FN2O2/c1-8(16)12-6-5-11(7-13(12)15)19-9(2)14(18)17-10-3-4-10/h5-10H,3-4,16H2,1-2H3,(H,17,18)/t8-,9?/m0/s1. The molecule has 2 atom stereocenters. The molecule has 2 rings (SSSR count). The normalized spacial score (nSPS) is 17.7. The van der Waals surface area contributed by atoms with Gasteiger partial charge in [0.25, 0.3) is 5.91 Å². The fourth-order valence-electron chi connectivity index (χ4n) is 1.75. The van der Waals surface area contributed by atoms with Crippen LogP contribution in [0.2, 0.25) is 0 Å². The summed E-state index contributed by atoms with van der Waals surface area (Å²) in [5, 5.41) is 2.84. The number of halogens is 1. The van der Waals surface area contributed by atoms with Crippen molar-refractivity contribution in [1.29, 1.82) is 0 Å². The maximum absolute atomic E-state index is 13.7. The fourth-order valence-corrected chi connectivity index (χ4v) is 1.75. The molecule has 1 aliphatic rings. The molecule has 4 nitrogen and oxygen atoms in total. The highest BCUT2D eigenvalue weighted by Crippen LogP contribution is 2.22. The Balaban J connectivity index is 1.98. The van der Waals surface area contributed by atoms with Gasteiger partial charge in [-0.3, -0.25) is 4.79 Å². The zero-order valence-corrected chi connectivity index (χ0v) is 11.2. The topological polar surface area (TPSA) is 64.3 Å². The number of amides is 1. The van der Waals surface area contributed by atoms with Gasteiger partial charge in [-0.2, -0.15) is 0 Å². The van der Waals surface area contributed by atoms with Crippen LogP contribution < -0.4 is 15.8 Å². The third-order valence-corrected chi connectivity index (χ3v) is 3.07. The van der Waals surface area contributed by atoms with Gasteiger partial charge in [0.2, 0.25) is 0 Å². The summed E-state index contributed by atoms with van der Waals surface area (Å²) >= 11 is 0. The number of hydrogen-bond donors (Lipinski definition) is 2. The number of rotatable bonds is 5. The number of ether oxygens (including phenoxy) is 1. The minimum absolute atomic E-state index is 0.167. The molecule has 104 valence electrons. The molecule has 1 aromatic carbocycles. The summed E-state index contributed by atoms with van der Waals surface area (Å²) in [6.07, 6.45) is 1.41. The van der Waals surface area contributed by atoms with Gasteiger partial charge in [0.15, 0.2) is 6.10 Å². The highest BCUT2D eigenvalue weighted by Gasteiger charge is 2.26. The van der Waals surface area contributed by atoms with E-state index in [0.29, 0.717) is 11.3 Å². The van der Waals surface area contributed by atoms with Crippen molar-refractivity contribution in [1.82, 2.24) is 5.32 Å². The lowest BCUT2D eigenvalue weighted by Crippen LogP contribution is -2.37. The molecule has 1 saturated carbocycles. The van der Waals surface area contributed by atoms with E-state index in [0.717, 1.165) is 12.8 Å². The first-order chi connectivity index (χ1) is 8.97. The molecule has 5 heteroatoms. The molecule has 0 aliphatic heterocycles. The number of nitrogens with two attached hydrogens (primary N) is 1. The number of carbonyl (C=O) groups excluding carboxylic acids is 1. The van der Waals surface area contributed by atoms with Crippen LogP contribution in [0.5, 0.6) is 5.75 Å². The lowest BCUT2D eigenvalue weighted by molar-refractivity contribution is -0.127. The molecule has 1 aromatic rings. The van der Waals surface area contributed by atoms with Crippen molar-refractivity contribution < 1.29 is 13.9 Å². The molecule has 0 heterocycles. The van der Waals surface area contributed by atoms with Crippen molar-refractivity contribution in [2.24, 2.45) is 5.73 Å². The first kappa shape index (κ1) is 13.8. The molecular weight excluding hydrogens is 247 g/mol. The van der Waals surface area contributed by atoms with Crippen LogP contribution in [0.4, 0.5) is 4.39 Å². The van der Waals surface area contributed by atoms with Crippen LogP contribution in [0.3, 0.4) is 0 Å². The Labute approximate surface area is 112 Å². The van der Waals surface area contributed by atoms with E-state index in [4.69, 9.17) is 10.5 Å². The van der Waals surface area contributed by atoms with Crippen LogP contribution in [-0.4, -0.2) is 18.1 Å². The molecule has 0 bridgehead atoms. The van der Waals surface area contributed by atoms with Crippen molar-refractivity contribution in [2.75, 3.05) is 0 Å². The average Bonchev–Trinajstić information content (AvgIpc) is 3.12. The molecule has 19 heavy (non-hydrogen) atoms. The SMILES string of the molecule is CC(Oc1ccc([C@H](C)N)c(F)c1)C(=O)NC1CC1. The van der Waals surface area contributed by atoms with Crippen molar-refractivity contribution in [3.63, 3.8) is 0 Å². The van der Waals surface area contributed by atoms with Gasteiger partial charge in [0.05, 0.1) is 0 Å². The zero-order chi connectivity index (χ0) is 14.0. The molecule has 0 spiro atoms. The van der Waals surface area contributed by atoms with E-state index in [9.17, 15) is 9.18 Å². The Hall–Kier alpha value is -1.62. The molecule has 1 unspecified atom stereocenters. The number of hydrogen-bond acceptors (Lipinski definition) is 3. The van der Waals surface area contributed by atoms with Gasteiger partial charge in [0, 0.05) is 23.7 Å². The van der Waals surface area contributed by atoms with Gasteiger partial charge in [-0.1, -0.05) is 6.07 Å². The van der Waals surface area contributed by atoms with E-state index in [-0.39, 0.29) is 18.0 Å². The van der Waals surface area contributed by atoms with Gasteiger partial charge in [0.1, 0.15) is 11.6 Å². The fraction of sp³-hybridized carbons (Fsp3) is 0.500. The van der Waals surface area contributed by atoms with E-state index < -0.39 is 11.9 Å². The minimum Gasteiger partial charge on any atom is -0.481 e. The highest BCUT2D eigenvalue weighted by atomic mass is 19.1. The zero-order valence-electron chi connectivity index (χ0n) is 11.2. The number of carbonyl (C=O) groups is 1. The van der Waals surface area contributed by atoms with Gasteiger partial charge in [-0.05, 0) is 32.8 Å². The Morgan fingerprint density at radius 3 is 2.68 bits per heavy atom. The minimum atomic E-state index is -0.638. The van der Waals surface area contributed by atoms with Crippen LogP contribution in [0, 0.1) is 5.82 Å².